The van der Waals surface area contributed by atoms with E-state index in [1.54, 1.807) is 36.5 Å². The number of nitrogens with zero attached hydrogens (tertiary/aromatic N) is 1. The quantitative estimate of drug-likeness (QED) is 0.422. The van der Waals surface area contributed by atoms with E-state index in [-0.39, 0.29) is 5.97 Å². The van der Waals surface area contributed by atoms with E-state index in [4.69, 9.17) is 10.5 Å². The highest BCUT2D eigenvalue weighted by molar-refractivity contribution is 5.87. The normalized spacial score (nSPS) is 12.0. The van der Waals surface area contributed by atoms with Crippen molar-refractivity contribution >= 4 is 23.4 Å². The van der Waals surface area contributed by atoms with E-state index in [2.05, 4.69) is 21.6 Å². The zero-order chi connectivity index (χ0) is 21.6. The van der Waals surface area contributed by atoms with Crippen LogP contribution in [-0.4, -0.2) is 29.8 Å². The van der Waals surface area contributed by atoms with Crippen LogP contribution in [0.4, 0.5) is 16.2 Å². The molecule has 154 valence electrons. The van der Waals surface area contributed by atoms with Gasteiger partial charge in [0, 0.05) is 23.1 Å². The van der Waals surface area contributed by atoms with Crippen LogP contribution in [0.15, 0.2) is 49.2 Å². The lowest BCUT2D eigenvalue weighted by molar-refractivity contribution is -0.156. The number of amides is 1. The number of anilines is 2. The van der Waals surface area contributed by atoms with E-state index < -0.39 is 17.6 Å². The molecule has 1 unspecified atom stereocenters. The third-order valence-electron chi connectivity index (χ3n) is 4.04. The molecule has 1 heterocycles. The van der Waals surface area contributed by atoms with Crippen LogP contribution >= 0.6 is 0 Å². The highest BCUT2D eigenvalue weighted by Crippen LogP contribution is 2.31. The van der Waals surface area contributed by atoms with E-state index >= 15 is 0 Å². The monoisotopic (exact) mass is 397 g/mol. The summed E-state index contributed by atoms with van der Waals surface area (Å²) in [5.74, 6) is -0.810. The van der Waals surface area contributed by atoms with E-state index in [1.165, 1.54) is 7.11 Å². The van der Waals surface area contributed by atoms with Crippen molar-refractivity contribution in [1.82, 2.24) is 4.98 Å². The van der Waals surface area contributed by atoms with E-state index in [1.807, 2.05) is 26.8 Å². The summed E-state index contributed by atoms with van der Waals surface area (Å²) < 4.78 is 10.1. The summed E-state index contributed by atoms with van der Waals surface area (Å²) in [6, 6.07) is 8.67. The number of nitrogen functional groups attached to an aromatic ring is 1. The largest absolute Gasteiger partial charge is 0.459 e. The molecule has 1 aromatic carbocycles. The number of allylic oxidation sites excluding steroid dienone is 1. The van der Waals surface area contributed by atoms with Gasteiger partial charge < -0.3 is 15.2 Å². The number of pyridine rings is 1. The molecule has 3 N–H and O–H groups in total. The molecule has 0 saturated carbocycles. The minimum absolute atomic E-state index is 0.319. The fourth-order valence-corrected chi connectivity index (χ4v) is 2.76. The third kappa shape index (κ3) is 6.07. The van der Waals surface area contributed by atoms with Crippen LogP contribution in [0.1, 0.15) is 38.7 Å². The number of nitrogens with two attached hydrogens (primary N) is 1. The average molecular weight is 397 g/mol. The Morgan fingerprint density at radius 2 is 2.00 bits per heavy atom. The first-order valence-corrected chi connectivity index (χ1v) is 9.19. The van der Waals surface area contributed by atoms with Crippen molar-refractivity contribution < 1.29 is 19.1 Å². The summed E-state index contributed by atoms with van der Waals surface area (Å²) in [6.45, 7) is 9.25. The predicted molar refractivity (Wildman–Crippen MR) is 114 cm³/mol. The highest BCUT2D eigenvalue weighted by Gasteiger charge is 2.26. The zero-order valence-electron chi connectivity index (χ0n) is 17.2. The number of hydrogen-bond acceptors (Lipinski definition) is 6. The number of carbonyl (C=O) groups is 2. The second-order valence-corrected chi connectivity index (χ2v) is 7.50. The summed E-state index contributed by atoms with van der Waals surface area (Å²) in [5.41, 5.74) is 8.57. The summed E-state index contributed by atoms with van der Waals surface area (Å²) in [7, 11) is 1.28. The molecule has 0 aliphatic heterocycles. The Morgan fingerprint density at radius 1 is 1.28 bits per heavy atom. The topological polar surface area (TPSA) is 104 Å². The van der Waals surface area contributed by atoms with E-state index in [0.29, 0.717) is 29.1 Å². The Hall–Kier alpha value is -3.35. The Labute approximate surface area is 170 Å². The maximum Gasteiger partial charge on any atom is 0.411 e. The molecule has 7 nitrogen and oxygen atoms in total. The van der Waals surface area contributed by atoms with Crippen LogP contribution in [0.25, 0.3) is 11.3 Å². The van der Waals surface area contributed by atoms with Gasteiger partial charge in [0.1, 0.15) is 5.60 Å². The fourth-order valence-electron chi connectivity index (χ4n) is 2.76. The molecule has 0 fully saturated rings. The number of benzene rings is 1. The van der Waals surface area contributed by atoms with E-state index in [9.17, 15) is 9.59 Å². The second kappa shape index (κ2) is 9.23. The minimum atomic E-state index is -0.584. The first-order valence-electron chi connectivity index (χ1n) is 9.19. The van der Waals surface area contributed by atoms with Gasteiger partial charge in [-0.05, 0) is 63.1 Å². The SMILES string of the molecule is C=CCC(C(=O)OC(C)(C)C)c1ccnc(-c2ccc(NC(=O)OC)cc2N)c1. The molecule has 0 spiro atoms. The molecule has 1 aromatic heterocycles. The maximum absolute atomic E-state index is 12.7. The molecule has 29 heavy (non-hydrogen) atoms. The van der Waals surface area contributed by atoms with Crippen molar-refractivity contribution in [3.8, 4) is 11.3 Å². The summed E-state index contributed by atoms with van der Waals surface area (Å²) >= 11 is 0. The second-order valence-electron chi connectivity index (χ2n) is 7.50. The van der Waals surface area contributed by atoms with Crippen molar-refractivity contribution in [3.63, 3.8) is 0 Å². The first kappa shape index (κ1) is 21.9. The van der Waals surface area contributed by atoms with Crippen LogP contribution in [0.5, 0.6) is 0 Å². The molecule has 0 aliphatic carbocycles. The summed E-state index contributed by atoms with van der Waals surface area (Å²) in [5, 5.41) is 2.56. The van der Waals surface area contributed by atoms with Gasteiger partial charge in [0.05, 0.1) is 18.7 Å². The number of carbonyl (C=O) groups excluding carboxylic acids is 2. The lowest BCUT2D eigenvalue weighted by Gasteiger charge is -2.24. The standard InChI is InChI=1S/C22H27N3O4/c1-6-7-16(20(26)29-22(2,3)4)14-10-11-24-19(12-14)17-9-8-15(13-18(17)23)25-21(27)28-5/h6,8-13,16H,1,7,23H2,2-5H3,(H,25,27). The fraction of sp³-hybridized carbons (Fsp3) is 0.318. The van der Waals surface area contributed by atoms with Crippen LogP contribution in [0.3, 0.4) is 0 Å². The number of ether oxygens (including phenoxy) is 2. The van der Waals surface area contributed by atoms with Gasteiger partial charge >= 0.3 is 12.1 Å². The number of aromatic nitrogens is 1. The van der Waals surface area contributed by atoms with Gasteiger partial charge in [-0.1, -0.05) is 6.08 Å². The van der Waals surface area contributed by atoms with Crippen molar-refractivity contribution in [3.05, 3.63) is 54.7 Å². The lowest BCUT2D eigenvalue weighted by atomic mass is 9.94. The third-order valence-corrected chi connectivity index (χ3v) is 4.04. The molecular weight excluding hydrogens is 370 g/mol. The predicted octanol–water partition coefficient (Wildman–Crippen LogP) is 4.51. The molecule has 7 heteroatoms. The zero-order valence-corrected chi connectivity index (χ0v) is 17.2. The molecule has 0 saturated heterocycles. The van der Waals surface area contributed by atoms with Gasteiger partial charge in [0.25, 0.3) is 0 Å². The molecule has 0 radical (unpaired) electrons. The molecule has 2 aromatic rings. The number of rotatable bonds is 6. The Morgan fingerprint density at radius 3 is 2.59 bits per heavy atom. The number of hydrogen-bond donors (Lipinski definition) is 2. The van der Waals surface area contributed by atoms with Crippen LogP contribution in [0.2, 0.25) is 0 Å². The Bertz CT molecular complexity index is 903. The van der Waals surface area contributed by atoms with Gasteiger partial charge in [-0.2, -0.15) is 0 Å². The van der Waals surface area contributed by atoms with Gasteiger partial charge in [0.2, 0.25) is 0 Å². The van der Waals surface area contributed by atoms with Crippen LogP contribution < -0.4 is 11.1 Å². The molecule has 1 atom stereocenters. The average Bonchev–Trinajstić information content (AvgIpc) is 2.64. The number of nitrogens with one attached hydrogen (secondary N) is 1. The Balaban J connectivity index is 2.35. The van der Waals surface area contributed by atoms with Gasteiger partial charge in [-0.15, -0.1) is 6.58 Å². The van der Waals surface area contributed by atoms with Crippen molar-refractivity contribution in [2.75, 3.05) is 18.2 Å². The van der Waals surface area contributed by atoms with Gasteiger partial charge in [-0.3, -0.25) is 15.1 Å². The number of methoxy groups -OCH3 is 1. The number of esters is 1. The highest BCUT2D eigenvalue weighted by atomic mass is 16.6. The van der Waals surface area contributed by atoms with Gasteiger partial charge in [-0.25, -0.2) is 4.79 Å². The van der Waals surface area contributed by atoms with Gasteiger partial charge in [0.15, 0.2) is 0 Å². The molecule has 2 rings (SSSR count). The van der Waals surface area contributed by atoms with Crippen molar-refractivity contribution in [2.24, 2.45) is 0 Å². The molecular formula is C22H27N3O4. The first-order chi connectivity index (χ1) is 13.6. The lowest BCUT2D eigenvalue weighted by Crippen LogP contribution is -2.27. The van der Waals surface area contributed by atoms with Crippen molar-refractivity contribution in [2.45, 2.75) is 38.7 Å². The molecule has 1 amide bonds. The minimum Gasteiger partial charge on any atom is -0.459 e. The maximum atomic E-state index is 12.7. The Kier molecular flexibility index (Phi) is 6.98. The van der Waals surface area contributed by atoms with Crippen molar-refractivity contribution in [1.29, 1.82) is 0 Å². The smallest absolute Gasteiger partial charge is 0.411 e. The molecule has 0 aliphatic rings. The van der Waals surface area contributed by atoms with Crippen LogP contribution in [-0.2, 0) is 14.3 Å². The molecule has 0 bridgehead atoms. The van der Waals surface area contributed by atoms with Crippen LogP contribution in [0, 0.1) is 0 Å². The summed E-state index contributed by atoms with van der Waals surface area (Å²) in [6.07, 6.45) is 3.18. The summed E-state index contributed by atoms with van der Waals surface area (Å²) in [4.78, 5) is 28.4. The van der Waals surface area contributed by atoms with E-state index in [0.717, 1.165) is 5.56 Å².